The average Bonchev–Trinajstić information content (AvgIpc) is 2.49. The maximum absolute atomic E-state index is 6.35. The zero-order valence-electron chi connectivity index (χ0n) is 15.6. The molecular weight excluding hydrogens is 272 g/mol. The Morgan fingerprint density at radius 2 is 1.77 bits per heavy atom. The number of rotatable bonds is 6. The van der Waals surface area contributed by atoms with Gasteiger partial charge in [0.1, 0.15) is 0 Å². The molecule has 2 rings (SSSR count). The molecule has 2 aliphatic rings. The van der Waals surface area contributed by atoms with Crippen molar-refractivity contribution in [2.24, 2.45) is 5.92 Å². The molecule has 0 spiro atoms. The van der Waals surface area contributed by atoms with Crippen LogP contribution in [-0.4, -0.2) is 61.3 Å². The van der Waals surface area contributed by atoms with Crippen LogP contribution in [0.5, 0.6) is 0 Å². The van der Waals surface area contributed by atoms with E-state index < -0.39 is 0 Å². The van der Waals surface area contributed by atoms with Crippen molar-refractivity contribution in [3.8, 4) is 0 Å². The monoisotopic (exact) mass is 310 g/mol. The van der Waals surface area contributed by atoms with E-state index in [0.717, 1.165) is 12.0 Å². The molecule has 3 nitrogen and oxygen atoms in total. The van der Waals surface area contributed by atoms with E-state index in [1.165, 1.54) is 58.0 Å². The topological polar surface area (TPSA) is 15.7 Å². The Labute approximate surface area is 138 Å². The van der Waals surface area contributed by atoms with Crippen molar-refractivity contribution >= 4 is 0 Å². The molecule has 0 N–H and O–H groups in total. The number of ether oxygens (including phenoxy) is 1. The minimum atomic E-state index is 0.432. The molecule has 0 radical (unpaired) electrons. The predicted molar refractivity (Wildman–Crippen MR) is 94.3 cm³/mol. The molecule has 0 aromatic rings. The molecule has 1 aliphatic heterocycles. The quantitative estimate of drug-likeness (QED) is 0.742. The second-order valence-corrected chi connectivity index (χ2v) is 8.13. The molecule has 1 saturated carbocycles. The molecular formula is C19H38N2O. The minimum Gasteiger partial charge on any atom is -0.375 e. The summed E-state index contributed by atoms with van der Waals surface area (Å²) in [4.78, 5) is 4.99. The maximum Gasteiger partial charge on any atom is 0.0603 e. The van der Waals surface area contributed by atoms with E-state index in [9.17, 15) is 0 Å². The fourth-order valence-electron chi connectivity index (χ4n) is 4.24. The number of hydrogen-bond acceptors (Lipinski definition) is 3. The van der Waals surface area contributed by atoms with Gasteiger partial charge in [-0.1, -0.05) is 12.8 Å². The normalized spacial score (nSPS) is 30.1. The van der Waals surface area contributed by atoms with E-state index in [4.69, 9.17) is 4.74 Å². The third-order valence-electron chi connectivity index (χ3n) is 5.90. The van der Waals surface area contributed by atoms with Crippen molar-refractivity contribution in [1.82, 2.24) is 9.80 Å². The second kappa shape index (κ2) is 8.65. The molecule has 2 fully saturated rings. The smallest absolute Gasteiger partial charge is 0.0603 e. The van der Waals surface area contributed by atoms with Gasteiger partial charge in [0.05, 0.1) is 12.2 Å². The Balaban J connectivity index is 1.72. The SMILES string of the molecule is CC(CC1CCCC(N(C)C(C)C)C1)OC1CCN(C)CC1. The lowest BCUT2D eigenvalue weighted by atomic mass is 9.81. The molecule has 130 valence electrons. The highest BCUT2D eigenvalue weighted by Crippen LogP contribution is 2.32. The number of nitrogens with zero attached hydrogens (tertiary/aromatic N) is 2. The summed E-state index contributed by atoms with van der Waals surface area (Å²) in [6, 6.07) is 1.45. The van der Waals surface area contributed by atoms with Crippen LogP contribution in [0.1, 0.15) is 65.7 Å². The van der Waals surface area contributed by atoms with Gasteiger partial charge in [-0.15, -0.1) is 0 Å². The van der Waals surface area contributed by atoms with Gasteiger partial charge in [0.2, 0.25) is 0 Å². The Morgan fingerprint density at radius 1 is 1.09 bits per heavy atom. The van der Waals surface area contributed by atoms with Crippen LogP contribution in [0.4, 0.5) is 0 Å². The van der Waals surface area contributed by atoms with Gasteiger partial charge >= 0.3 is 0 Å². The summed E-state index contributed by atoms with van der Waals surface area (Å²) in [5, 5.41) is 0. The number of hydrogen-bond donors (Lipinski definition) is 0. The number of likely N-dealkylation sites (tertiary alicyclic amines) is 1. The first-order valence-electron chi connectivity index (χ1n) is 9.51. The zero-order valence-corrected chi connectivity index (χ0v) is 15.6. The van der Waals surface area contributed by atoms with E-state index in [2.05, 4.69) is 44.7 Å². The van der Waals surface area contributed by atoms with Gasteiger partial charge in [0, 0.05) is 25.2 Å². The summed E-state index contributed by atoms with van der Waals surface area (Å²) < 4.78 is 6.35. The fourth-order valence-corrected chi connectivity index (χ4v) is 4.24. The number of piperidine rings is 1. The third kappa shape index (κ3) is 5.50. The van der Waals surface area contributed by atoms with Crippen LogP contribution >= 0.6 is 0 Å². The van der Waals surface area contributed by atoms with Crippen LogP contribution in [0, 0.1) is 5.92 Å². The highest BCUT2D eigenvalue weighted by atomic mass is 16.5. The van der Waals surface area contributed by atoms with Crippen LogP contribution in [0.15, 0.2) is 0 Å². The van der Waals surface area contributed by atoms with Crippen molar-refractivity contribution < 1.29 is 4.74 Å². The van der Waals surface area contributed by atoms with Gasteiger partial charge in [-0.05, 0) is 72.9 Å². The van der Waals surface area contributed by atoms with Crippen LogP contribution in [0.2, 0.25) is 0 Å². The van der Waals surface area contributed by atoms with Crippen molar-refractivity contribution in [1.29, 1.82) is 0 Å². The lowest BCUT2D eigenvalue weighted by Gasteiger charge is -2.38. The van der Waals surface area contributed by atoms with Crippen LogP contribution in [0.3, 0.4) is 0 Å². The average molecular weight is 311 g/mol. The maximum atomic E-state index is 6.35. The van der Waals surface area contributed by atoms with Crippen molar-refractivity contribution in [3.63, 3.8) is 0 Å². The molecule has 1 heterocycles. The summed E-state index contributed by atoms with van der Waals surface area (Å²) in [7, 11) is 4.52. The van der Waals surface area contributed by atoms with Crippen molar-refractivity contribution in [2.75, 3.05) is 27.2 Å². The highest BCUT2D eigenvalue weighted by molar-refractivity contribution is 4.82. The van der Waals surface area contributed by atoms with Crippen molar-refractivity contribution in [2.45, 2.75) is 90.0 Å². The largest absolute Gasteiger partial charge is 0.375 e. The lowest BCUT2D eigenvalue weighted by Crippen LogP contribution is -2.41. The molecule has 0 aromatic heterocycles. The lowest BCUT2D eigenvalue weighted by molar-refractivity contribution is -0.0442. The Kier molecular flexibility index (Phi) is 7.17. The first kappa shape index (κ1) is 18.2. The first-order valence-corrected chi connectivity index (χ1v) is 9.51. The van der Waals surface area contributed by atoms with E-state index in [1.807, 2.05) is 0 Å². The summed E-state index contributed by atoms with van der Waals surface area (Å²) in [5.41, 5.74) is 0. The van der Waals surface area contributed by atoms with Gasteiger partial charge in [-0.25, -0.2) is 0 Å². The van der Waals surface area contributed by atoms with Crippen LogP contribution < -0.4 is 0 Å². The predicted octanol–water partition coefficient (Wildman–Crippen LogP) is 3.77. The third-order valence-corrected chi connectivity index (χ3v) is 5.90. The molecule has 3 atom stereocenters. The standard InChI is InChI=1S/C19H38N2O/c1-15(2)21(5)18-8-6-7-17(14-18)13-16(3)22-19-9-11-20(4)12-10-19/h15-19H,6-14H2,1-5H3. The molecule has 3 heteroatoms. The van der Waals surface area contributed by atoms with Gasteiger partial charge in [0.15, 0.2) is 0 Å². The van der Waals surface area contributed by atoms with Crippen LogP contribution in [0.25, 0.3) is 0 Å². The van der Waals surface area contributed by atoms with E-state index in [1.54, 1.807) is 0 Å². The molecule has 22 heavy (non-hydrogen) atoms. The summed E-state index contributed by atoms with van der Waals surface area (Å²) in [5.74, 6) is 0.862. The molecule has 1 aliphatic carbocycles. The van der Waals surface area contributed by atoms with Gasteiger partial charge in [0.25, 0.3) is 0 Å². The van der Waals surface area contributed by atoms with Gasteiger partial charge in [-0.3, -0.25) is 0 Å². The Hall–Kier alpha value is -0.120. The highest BCUT2D eigenvalue weighted by Gasteiger charge is 2.28. The summed E-state index contributed by atoms with van der Waals surface area (Å²) in [6.07, 6.45) is 10.2. The van der Waals surface area contributed by atoms with Crippen LogP contribution in [-0.2, 0) is 4.74 Å². The van der Waals surface area contributed by atoms with E-state index in [-0.39, 0.29) is 0 Å². The summed E-state index contributed by atoms with van der Waals surface area (Å²) >= 11 is 0. The molecule has 0 amide bonds. The molecule has 1 saturated heterocycles. The van der Waals surface area contributed by atoms with E-state index in [0.29, 0.717) is 18.2 Å². The molecule has 0 aromatic carbocycles. The van der Waals surface area contributed by atoms with Gasteiger partial charge in [-0.2, -0.15) is 0 Å². The summed E-state index contributed by atoms with van der Waals surface area (Å²) in [6.45, 7) is 9.32. The minimum absolute atomic E-state index is 0.432. The Bertz CT molecular complexity index is 313. The first-order chi connectivity index (χ1) is 10.5. The molecule has 3 unspecified atom stereocenters. The van der Waals surface area contributed by atoms with Gasteiger partial charge < -0.3 is 14.5 Å². The molecule has 0 bridgehead atoms. The van der Waals surface area contributed by atoms with Crippen molar-refractivity contribution in [3.05, 3.63) is 0 Å². The van der Waals surface area contributed by atoms with E-state index >= 15 is 0 Å². The zero-order chi connectivity index (χ0) is 16.1. The fraction of sp³-hybridized carbons (Fsp3) is 1.00. The Morgan fingerprint density at radius 3 is 2.41 bits per heavy atom. The second-order valence-electron chi connectivity index (χ2n) is 8.13.